The summed E-state index contributed by atoms with van der Waals surface area (Å²) in [6.45, 7) is -0.957. The minimum absolute atomic E-state index is 0.179. The molecule has 0 aromatic heterocycles. The van der Waals surface area contributed by atoms with Crippen molar-refractivity contribution in [1.29, 1.82) is 0 Å². The van der Waals surface area contributed by atoms with Crippen LogP contribution < -0.4 is 4.18 Å². The van der Waals surface area contributed by atoms with Crippen LogP contribution in [-0.2, 0) is 24.4 Å². The van der Waals surface area contributed by atoms with Gasteiger partial charge in [-0.2, -0.15) is 8.42 Å². The van der Waals surface area contributed by atoms with E-state index in [1.54, 1.807) is 0 Å². The first-order valence-corrected chi connectivity index (χ1v) is 13.5. The molecule has 3 aromatic carbocycles. The number of rotatable bonds is 10. The second-order valence-corrected chi connectivity index (χ2v) is 10.2. The second kappa shape index (κ2) is 12.8. The molecule has 3 N–H and O–H groups in total. The van der Waals surface area contributed by atoms with Crippen LogP contribution in [0.3, 0.4) is 0 Å². The number of hydrogen-bond acceptors (Lipinski definition) is 14. The van der Waals surface area contributed by atoms with E-state index in [1.807, 2.05) is 0 Å². The maximum absolute atomic E-state index is 13.3. The number of aromatic hydroxyl groups is 3. The van der Waals surface area contributed by atoms with Gasteiger partial charge in [-0.25, -0.2) is 9.59 Å². The predicted molar refractivity (Wildman–Crippen MR) is 147 cm³/mol. The molecule has 3 aromatic rings. The zero-order valence-electron chi connectivity index (χ0n) is 22.2. The highest BCUT2D eigenvalue weighted by atomic mass is 32.2. The van der Waals surface area contributed by atoms with E-state index >= 15 is 0 Å². The van der Waals surface area contributed by atoms with Crippen LogP contribution in [0.15, 0.2) is 75.4 Å². The summed E-state index contributed by atoms with van der Waals surface area (Å²) in [6.07, 6.45) is 0. The molecule has 18 nitrogen and oxygen atoms in total. The molecule has 0 atom stereocenters. The van der Waals surface area contributed by atoms with Crippen molar-refractivity contribution in [3.05, 3.63) is 103 Å². The largest absolute Gasteiger partial charge is 0.508 e. The number of phenolic OH excluding ortho intramolecular Hbond substituents is 3. The first-order valence-electron chi connectivity index (χ1n) is 12.1. The van der Waals surface area contributed by atoms with Crippen molar-refractivity contribution in [3.63, 3.8) is 0 Å². The van der Waals surface area contributed by atoms with Crippen molar-refractivity contribution in [1.82, 2.24) is 0 Å². The molecule has 1 aliphatic carbocycles. The molecule has 0 bridgehead atoms. The van der Waals surface area contributed by atoms with Crippen molar-refractivity contribution in [2.75, 3.05) is 13.2 Å². The first-order chi connectivity index (χ1) is 21.4. The Morgan fingerprint density at radius 3 is 1.87 bits per heavy atom. The van der Waals surface area contributed by atoms with Gasteiger partial charge in [0.15, 0.2) is 0 Å². The molecule has 0 heterocycles. The average molecular weight is 637 g/mol. The first kappa shape index (κ1) is 31.4. The Morgan fingerprint density at radius 1 is 0.756 bits per heavy atom. The quantitative estimate of drug-likeness (QED) is 0.0546. The Balaban J connectivity index is 1.55. The number of benzene rings is 3. The molecular formula is C26H16N6O12S. The van der Waals surface area contributed by atoms with Gasteiger partial charge in [0.1, 0.15) is 41.1 Å². The third-order valence-electron chi connectivity index (χ3n) is 5.73. The Bertz CT molecular complexity index is 2010. The minimum atomic E-state index is -4.98. The summed E-state index contributed by atoms with van der Waals surface area (Å²) < 4.78 is 41.6. The van der Waals surface area contributed by atoms with Crippen molar-refractivity contribution < 1.29 is 56.6 Å². The number of nitrogens with zero attached hydrogens (tertiary/aromatic N) is 6. The topological polar surface area (TPSA) is 288 Å². The predicted octanol–water partition coefficient (Wildman–Crippen LogP) is 3.64. The van der Waals surface area contributed by atoms with E-state index in [0.717, 1.165) is 54.6 Å². The summed E-state index contributed by atoms with van der Waals surface area (Å²) in [5, 5.41) is 35.4. The lowest BCUT2D eigenvalue weighted by atomic mass is 9.91. The number of esters is 2. The number of ether oxygens (including phenoxy) is 2. The number of hydrogen-bond donors (Lipinski definition) is 3. The van der Waals surface area contributed by atoms with Gasteiger partial charge in [-0.3, -0.25) is 9.59 Å². The average Bonchev–Trinajstić information content (AvgIpc) is 2.98. The molecular weight excluding hydrogens is 620 g/mol. The Labute approximate surface area is 250 Å². The van der Waals surface area contributed by atoms with E-state index in [1.165, 1.54) is 0 Å². The van der Waals surface area contributed by atoms with Crippen molar-refractivity contribution >= 4 is 39.3 Å². The highest BCUT2D eigenvalue weighted by Gasteiger charge is 2.36. The molecule has 4 rings (SSSR count). The van der Waals surface area contributed by atoms with Gasteiger partial charge in [0.25, 0.3) is 0 Å². The summed E-state index contributed by atoms with van der Waals surface area (Å²) in [7, 11) is -4.98. The monoisotopic (exact) mass is 636 g/mol. The molecule has 0 amide bonds. The van der Waals surface area contributed by atoms with E-state index in [0.29, 0.717) is 0 Å². The molecule has 0 saturated heterocycles. The highest BCUT2D eigenvalue weighted by molar-refractivity contribution is 7.87. The number of allylic oxidation sites excluding steroid dienone is 1. The number of carbonyl (C=O) groups excluding carboxylic acids is 4. The Hall–Kier alpha value is -6.55. The van der Waals surface area contributed by atoms with E-state index in [-0.39, 0.29) is 5.56 Å². The maximum Gasteiger partial charge on any atom is 0.339 e. The van der Waals surface area contributed by atoms with Gasteiger partial charge in [0, 0.05) is 33.1 Å². The van der Waals surface area contributed by atoms with Gasteiger partial charge in [0.05, 0.1) is 22.5 Å². The van der Waals surface area contributed by atoms with Crippen LogP contribution >= 0.6 is 0 Å². The fraction of sp³-hybridized carbons (Fsp3) is 0.0769. The van der Waals surface area contributed by atoms with Crippen LogP contribution in [0.1, 0.15) is 36.6 Å². The molecule has 0 saturated carbocycles. The van der Waals surface area contributed by atoms with Gasteiger partial charge in [-0.15, -0.1) is 0 Å². The molecule has 0 radical (unpaired) electrons. The summed E-state index contributed by atoms with van der Waals surface area (Å²) >= 11 is 0. The summed E-state index contributed by atoms with van der Waals surface area (Å²) in [4.78, 5) is 53.8. The molecule has 19 heteroatoms. The lowest BCUT2D eigenvalue weighted by molar-refractivity contribution is -0.111. The smallest absolute Gasteiger partial charge is 0.339 e. The molecule has 45 heavy (non-hydrogen) atoms. The standard InChI is InChI=1S/C26H16N6O12S/c27-31-29-21-20-18(23(36)24(37)22(21)30-32-28)2-1-3-19(20)45(40,41)44-17-9-13(8-16(35)11-17)26(39)43-5-4-42-25(38)12-6-14(33)10-15(34)7-12/h1-3,6-11,33-35H,4-5H2. The maximum atomic E-state index is 13.3. The molecule has 0 spiro atoms. The summed E-state index contributed by atoms with van der Waals surface area (Å²) in [6, 6.07) is 8.77. The zero-order valence-corrected chi connectivity index (χ0v) is 23.0. The molecule has 0 aliphatic heterocycles. The van der Waals surface area contributed by atoms with Crippen LogP contribution in [0.25, 0.3) is 26.6 Å². The lowest BCUT2D eigenvalue weighted by Crippen LogP contribution is -2.25. The van der Waals surface area contributed by atoms with Crippen molar-refractivity contribution in [2.24, 2.45) is 10.2 Å². The van der Waals surface area contributed by atoms with E-state index < -0.39 is 103 Å². The van der Waals surface area contributed by atoms with Gasteiger partial charge in [0.2, 0.25) is 11.6 Å². The van der Waals surface area contributed by atoms with Crippen LogP contribution in [0.4, 0.5) is 0 Å². The summed E-state index contributed by atoms with van der Waals surface area (Å²) in [5.41, 5.74) is 14.5. The number of azide groups is 2. The van der Waals surface area contributed by atoms with Gasteiger partial charge >= 0.3 is 22.1 Å². The van der Waals surface area contributed by atoms with Crippen molar-refractivity contribution in [3.8, 4) is 23.0 Å². The highest BCUT2D eigenvalue weighted by Crippen LogP contribution is 2.37. The van der Waals surface area contributed by atoms with Crippen LogP contribution in [-0.4, -0.2) is 60.5 Å². The molecule has 1 aliphatic rings. The fourth-order valence-corrected chi connectivity index (χ4v) is 5.12. The third kappa shape index (κ3) is 6.76. The molecule has 0 fully saturated rings. The molecule has 0 unspecified atom stereocenters. The van der Waals surface area contributed by atoms with E-state index in [4.69, 9.17) is 24.7 Å². The fourth-order valence-electron chi connectivity index (χ4n) is 3.98. The zero-order chi connectivity index (χ0) is 32.9. The van der Waals surface area contributed by atoms with Gasteiger partial charge in [-0.1, -0.05) is 22.4 Å². The second-order valence-electron chi connectivity index (χ2n) is 8.68. The number of Topliss-reactive ketones (excluding diaryl/α,β-unsaturated/α-hetero) is 2. The molecule has 228 valence electrons. The van der Waals surface area contributed by atoms with Crippen LogP contribution in [0, 0.1) is 0 Å². The normalized spacial score (nSPS) is 12.4. The SMILES string of the molecule is [N-]=[N+]=NC1=C(N=[N+]=[N-])c2c(cccc2S(=O)(=O)Oc2cc(O)cc(C(=O)OCCOC(=O)c3cc(O)cc(O)c3)c2)C(=O)C1=O. The van der Waals surface area contributed by atoms with Crippen LogP contribution in [0.2, 0.25) is 0 Å². The Morgan fingerprint density at radius 2 is 1.29 bits per heavy atom. The van der Waals surface area contributed by atoms with Gasteiger partial charge in [-0.05, 0) is 41.4 Å². The van der Waals surface area contributed by atoms with E-state index in [9.17, 15) is 42.9 Å². The lowest BCUT2D eigenvalue weighted by Gasteiger charge is -2.19. The summed E-state index contributed by atoms with van der Waals surface area (Å²) in [5.74, 6) is -6.68. The third-order valence-corrected chi connectivity index (χ3v) is 7.02. The van der Waals surface area contributed by atoms with Crippen molar-refractivity contribution in [2.45, 2.75) is 4.90 Å². The number of carbonyl (C=O) groups is 4. The van der Waals surface area contributed by atoms with E-state index in [2.05, 4.69) is 20.1 Å². The Kier molecular flexibility index (Phi) is 8.90. The van der Waals surface area contributed by atoms with Gasteiger partial charge < -0.3 is 29.0 Å². The van der Waals surface area contributed by atoms with Crippen LogP contribution in [0.5, 0.6) is 23.0 Å². The minimum Gasteiger partial charge on any atom is -0.508 e. The number of fused-ring (bicyclic) bond motifs is 1. The number of phenols is 3. The number of ketones is 2.